The van der Waals surface area contributed by atoms with Crippen LogP contribution in [-0.4, -0.2) is 31.8 Å². The van der Waals surface area contributed by atoms with Crippen molar-refractivity contribution in [3.8, 4) is 0 Å². The maximum absolute atomic E-state index is 5.79. The SMILES string of the molecule is C=C(C)CNC(N)=NCC1(OC)CCCCC1.I. The first-order chi connectivity index (χ1) is 8.08. The van der Waals surface area contributed by atoms with E-state index in [-0.39, 0.29) is 29.6 Å². The van der Waals surface area contributed by atoms with Gasteiger partial charge in [-0.15, -0.1) is 24.0 Å². The monoisotopic (exact) mass is 367 g/mol. The number of hydrogen-bond donors (Lipinski definition) is 2. The van der Waals surface area contributed by atoms with Crippen LogP contribution in [0.4, 0.5) is 0 Å². The van der Waals surface area contributed by atoms with Crippen LogP contribution in [-0.2, 0) is 4.74 Å². The Hall–Kier alpha value is -0.300. The fourth-order valence-electron chi connectivity index (χ4n) is 2.15. The summed E-state index contributed by atoms with van der Waals surface area (Å²) >= 11 is 0. The fourth-order valence-corrected chi connectivity index (χ4v) is 2.15. The second-order valence-electron chi connectivity index (χ2n) is 4.96. The van der Waals surface area contributed by atoms with Gasteiger partial charge in [-0.2, -0.15) is 0 Å². The standard InChI is InChI=1S/C13H25N3O.HI/c1-11(2)9-15-12(14)16-10-13(17-3)7-5-4-6-8-13;/h1,4-10H2,2-3H3,(H3,14,15,16);1H. The molecule has 0 radical (unpaired) electrons. The first-order valence-electron chi connectivity index (χ1n) is 6.31. The van der Waals surface area contributed by atoms with E-state index in [1.807, 2.05) is 6.92 Å². The van der Waals surface area contributed by atoms with Crippen molar-refractivity contribution in [2.75, 3.05) is 20.2 Å². The Morgan fingerprint density at radius 1 is 1.39 bits per heavy atom. The molecule has 0 atom stereocenters. The first-order valence-corrected chi connectivity index (χ1v) is 6.31. The number of rotatable bonds is 5. The van der Waals surface area contributed by atoms with Crippen LogP contribution in [0, 0.1) is 0 Å². The number of nitrogens with zero attached hydrogens (tertiary/aromatic N) is 1. The molecule has 1 saturated carbocycles. The van der Waals surface area contributed by atoms with Crippen molar-refractivity contribution in [2.24, 2.45) is 10.7 Å². The zero-order valence-electron chi connectivity index (χ0n) is 11.5. The lowest BCUT2D eigenvalue weighted by molar-refractivity contribution is -0.0308. The molecule has 0 amide bonds. The molecule has 4 nitrogen and oxygen atoms in total. The highest BCUT2D eigenvalue weighted by Crippen LogP contribution is 2.31. The Kier molecular flexibility index (Phi) is 8.60. The first kappa shape index (κ1) is 17.7. The number of nitrogens with two attached hydrogens (primary N) is 1. The van der Waals surface area contributed by atoms with Gasteiger partial charge in [0.2, 0.25) is 0 Å². The quantitative estimate of drug-likeness (QED) is 0.340. The molecule has 106 valence electrons. The summed E-state index contributed by atoms with van der Waals surface area (Å²) in [6.45, 7) is 7.09. The zero-order valence-corrected chi connectivity index (χ0v) is 13.8. The summed E-state index contributed by atoms with van der Waals surface area (Å²) in [7, 11) is 1.78. The van der Waals surface area contributed by atoms with Crippen molar-refractivity contribution in [3.05, 3.63) is 12.2 Å². The maximum Gasteiger partial charge on any atom is 0.188 e. The molecule has 0 aromatic heterocycles. The van der Waals surface area contributed by atoms with Crippen molar-refractivity contribution in [2.45, 2.75) is 44.6 Å². The van der Waals surface area contributed by atoms with Crippen LogP contribution in [0.25, 0.3) is 0 Å². The molecule has 1 fully saturated rings. The second-order valence-corrected chi connectivity index (χ2v) is 4.96. The molecule has 0 aliphatic heterocycles. The van der Waals surface area contributed by atoms with Crippen molar-refractivity contribution in [1.29, 1.82) is 0 Å². The van der Waals surface area contributed by atoms with Crippen molar-refractivity contribution >= 4 is 29.9 Å². The molecule has 0 heterocycles. The van der Waals surface area contributed by atoms with Crippen LogP contribution >= 0.6 is 24.0 Å². The van der Waals surface area contributed by atoms with Gasteiger partial charge in [-0.05, 0) is 19.8 Å². The lowest BCUT2D eigenvalue weighted by Crippen LogP contribution is -2.40. The van der Waals surface area contributed by atoms with E-state index >= 15 is 0 Å². The van der Waals surface area contributed by atoms with E-state index in [2.05, 4.69) is 16.9 Å². The zero-order chi connectivity index (χ0) is 12.7. The third kappa shape index (κ3) is 6.04. The topological polar surface area (TPSA) is 59.6 Å². The molecule has 1 aliphatic rings. The summed E-state index contributed by atoms with van der Waals surface area (Å²) in [4.78, 5) is 4.38. The third-order valence-corrected chi connectivity index (χ3v) is 3.31. The summed E-state index contributed by atoms with van der Waals surface area (Å²) in [5, 5.41) is 3.04. The number of methoxy groups -OCH3 is 1. The number of guanidine groups is 1. The van der Waals surface area contributed by atoms with Gasteiger partial charge in [-0.25, -0.2) is 0 Å². The van der Waals surface area contributed by atoms with E-state index in [9.17, 15) is 0 Å². The molecule has 0 bridgehead atoms. The Labute approximate surface area is 127 Å². The number of hydrogen-bond acceptors (Lipinski definition) is 2. The Morgan fingerprint density at radius 2 is 2.00 bits per heavy atom. The van der Waals surface area contributed by atoms with Crippen LogP contribution in [0.2, 0.25) is 0 Å². The lowest BCUT2D eigenvalue weighted by Gasteiger charge is -2.34. The Bertz CT molecular complexity index is 286. The molecule has 0 unspecified atom stereocenters. The Balaban J connectivity index is 0.00000289. The van der Waals surface area contributed by atoms with Gasteiger partial charge in [0.1, 0.15) is 0 Å². The highest BCUT2D eigenvalue weighted by Gasteiger charge is 2.31. The van der Waals surface area contributed by atoms with E-state index in [4.69, 9.17) is 10.5 Å². The van der Waals surface area contributed by atoms with Crippen LogP contribution in [0.15, 0.2) is 17.1 Å². The molecule has 0 aromatic carbocycles. The predicted molar refractivity (Wildman–Crippen MR) is 87.5 cm³/mol. The van der Waals surface area contributed by atoms with Gasteiger partial charge in [0.05, 0.1) is 12.1 Å². The molecule has 0 saturated heterocycles. The van der Waals surface area contributed by atoms with E-state index in [0.717, 1.165) is 18.4 Å². The smallest absolute Gasteiger partial charge is 0.188 e. The molecule has 5 heteroatoms. The van der Waals surface area contributed by atoms with Gasteiger partial charge in [0, 0.05) is 13.7 Å². The normalized spacial score (nSPS) is 18.9. The fraction of sp³-hybridized carbons (Fsp3) is 0.769. The average molecular weight is 367 g/mol. The predicted octanol–water partition coefficient (Wildman–Crippen LogP) is 2.43. The van der Waals surface area contributed by atoms with E-state index in [1.54, 1.807) is 7.11 Å². The second kappa shape index (κ2) is 8.74. The highest BCUT2D eigenvalue weighted by atomic mass is 127. The van der Waals surface area contributed by atoms with Crippen molar-refractivity contribution in [1.82, 2.24) is 5.32 Å². The Morgan fingerprint density at radius 3 is 2.50 bits per heavy atom. The molecule has 3 N–H and O–H groups in total. The molecular formula is C13H26IN3O. The number of aliphatic imine (C=N–C) groups is 1. The molecule has 1 rings (SSSR count). The average Bonchev–Trinajstić information content (AvgIpc) is 2.35. The maximum atomic E-state index is 5.79. The van der Waals surface area contributed by atoms with Crippen LogP contribution in [0.5, 0.6) is 0 Å². The van der Waals surface area contributed by atoms with Gasteiger partial charge in [-0.3, -0.25) is 4.99 Å². The van der Waals surface area contributed by atoms with Gasteiger partial charge >= 0.3 is 0 Å². The van der Waals surface area contributed by atoms with E-state index < -0.39 is 0 Å². The summed E-state index contributed by atoms with van der Waals surface area (Å²) in [5.74, 6) is 0.481. The van der Waals surface area contributed by atoms with E-state index in [1.165, 1.54) is 19.3 Å². The minimum atomic E-state index is -0.0895. The summed E-state index contributed by atoms with van der Waals surface area (Å²) in [5.41, 5.74) is 6.75. The van der Waals surface area contributed by atoms with E-state index in [0.29, 0.717) is 19.0 Å². The van der Waals surface area contributed by atoms with Crippen LogP contribution in [0.1, 0.15) is 39.0 Å². The molecule has 0 spiro atoms. The minimum absolute atomic E-state index is 0. The molecule has 18 heavy (non-hydrogen) atoms. The largest absolute Gasteiger partial charge is 0.376 e. The molecule has 0 aromatic rings. The van der Waals surface area contributed by atoms with Gasteiger partial charge in [0.15, 0.2) is 5.96 Å². The number of nitrogens with one attached hydrogen (secondary N) is 1. The van der Waals surface area contributed by atoms with Crippen LogP contribution in [0.3, 0.4) is 0 Å². The highest BCUT2D eigenvalue weighted by molar-refractivity contribution is 14.0. The third-order valence-electron chi connectivity index (χ3n) is 3.31. The van der Waals surface area contributed by atoms with Crippen molar-refractivity contribution in [3.63, 3.8) is 0 Å². The van der Waals surface area contributed by atoms with Crippen LogP contribution < -0.4 is 11.1 Å². The molecular weight excluding hydrogens is 341 g/mol. The lowest BCUT2D eigenvalue weighted by atomic mass is 9.85. The number of halogens is 1. The molecule has 1 aliphatic carbocycles. The van der Waals surface area contributed by atoms with Crippen molar-refractivity contribution < 1.29 is 4.74 Å². The van der Waals surface area contributed by atoms with Gasteiger partial charge in [-0.1, -0.05) is 31.4 Å². The van der Waals surface area contributed by atoms with Gasteiger partial charge < -0.3 is 15.8 Å². The number of ether oxygens (including phenoxy) is 1. The minimum Gasteiger partial charge on any atom is -0.376 e. The summed E-state index contributed by atoms with van der Waals surface area (Å²) < 4.78 is 5.65. The summed E-state index contributed by atoms with van der Waals surface area (Å²) in [6.07, 6.45) is 5.92. The summed E-state index contributed by atoms with van der Waals surface area (Å²) in [6, 6.07) is 0. The van der Waals surface area contributed by atoms with Gasteiger partial charge in [0.25, 0.3) is 0 Å².